The molecule has 6 heteroatoms. The summed E-state index contributed by atoms with van der Waals surface area (Å²) in [6.45, 7) is -0.139. The van der Waals surface area contributed by atoms with E-state index in [1.54, 1.807) is 12.1 Å². The largest absolute Gasteiger partial charge is 0.481 e. The van der Waals surface area contributed by atoms with Gasteiger partial charge in [0.05, 0.1) is 7.11 Å². The van der Waals surface area contributed by atoms with E-state index in [1.807, 2.05) is 0 Å². The molecule has 0 unspecified atom stereocenters. The summed E-state index contributed by atoms with van der Waals surface area (Å²) in [7, 11) is 1.45. The lowest BCUT2D eigenvalue weighted by Gasteiger charge is -2.04. The Bertz CT molecular complexity index is 343. The number of nitrogens with zero attached hydrogens (tertiary/aromatic N) is 2. The van der Waals surface area contributed by atoms with Crippen molar-refractivity contribution < 1.29 is 9.66 Å². The maximum atomic E-state index is 10.2. The zero-order chi connectivity index (χ0) is 10.6. The van der Waals surface area contributed by atoms with Gasteiger partial charge >= 0.3 is 0 Å². The van der Waals surface area contributed by atoms with Crippen LogP contribution in [0.2, 0.25) is 5.15 Å². The summed E-state index contributed by atoms with van der Waals surface area (Å²) in [5, 5.41) is 10.5. The standard InChI is InChI=1S/C8H9ClN2O3/c1-14-8-6(4-5-11(12)13)2-3-7(9)10-8/h2-3H,4-5H2,1H3. The van der Waals surface area contributed by atoms with E-state index >= 15 is 0 Å². The van der Waals surface area contributed by atoms with Crippen LogP contribution in [0, 0.1) is 10.1 Å². The van der Waals surface area contributed by atoms with E-state index in [0.717, 1.165) is 0 Å². The Hall–Kier alpha value is -1.36. The topological polar surface area (TPSA) is 65.3 Å². The number of nitro groups is 1. The zero-order valence-corrected chi connectivity index (χ0v) is 8.32. The van der Waals surface area contributed by atoms with Crippen LogP contribution < -0.4 is 4.74 Å². The SMILES string of the molecule is COc1nc(Cl)ccc1CC[N+](=O)[O-]. The van der Waals surface area contributed by atoms with E-state index in [4.69, 9.17) is 16.3 Å². The molecule has 0 radical (unpaired) electrons. The lowest BCUT2D eigenvalue weighted by atomic mass is 10.2. The molecule has 5 nitrogen and oxygen atoms in total. The molecule has 0 aliphatic heterocycles. The van der Waals surface area contributed by atoms with Gasteiger partial charge in [-0.05, 0) is 6.07 Å². The molecule has 1 aromatic rings. The van der Waals surface area contributed by atoms with E-state index in [0.29, 0.717) is 23.0 Å². The number of ether oxygens (including phenoxy) is 1. The van der Waals surface area contributed by atoms with E-state index in [9.17, 15) is 10.1 Å². The molecular formula is C8H9ClN2O3. The molecule has 14 heavy (non-hydrogen) atoms. The fourth-order valence-corrected chi connectivity index (χ4v) is 1.17. The van der Waals surface area contributed by atoms with E-state index < -0.39 is 0 Å². The van der Waals surface area contributed by atoms with Gasteiger partial charge < -0.3 is 4.74 Å². The van der Waals surface area contributed by atoms with Gasteiger partial charge in [-0.1, -0.05) is 17.7 Å². The van der Waals surface area contributed by atoms with E-state index in [2.05, 4.69) is 4.98 Å². The van der Waals surface area contributed by atoms with Crippen molar-refractivity contribution in [3.63, 3.8) is 0 Å². The Morgan fingerprint density at radius 1 is 1.64 bits per heavy atom. The minimum absolute atomic E-state index is 0.139. The first-order chi connectivity index (χ1) is 6.63. The number of hydrogen-bond donors (Lipinski definition) is 0. The quantitative estimate of drug-likeness (QED) is 0.435. The van der Waals surface area contributed by atoms with Crippen LogP contribution in [0.5, 0.6) is 5.88 Å². The second kappa shape index (κ2) is 4.76. The fraction of sp³-hybridized carbons (Fsp3) is 0.375. The molecule has 76 valence electrons. The lowest BCUT2D eigenvalue weighted by molar-refractivity contribution is -0.479. The molecule has 0 amide bonds. The number of hydrogen-bond acceptors (Lipinski definition) is 4. The van der Waals surface area contributed by atoms with Crippen molar-refractivity contribution in [1.29, 1.82) is 0 Å². The van der Waals surface area contributed by atoms with Crippen LogP contribution >= 0.6 is 11.6 Å². The molecule has 0 aliphatic carbocycles. The average Bonchev–Trinajstić information content (AvgIpc) is 2.15. The van der Waals surface area contributed by atoms with Crippen molar-refractivity contribution in [1.82, 2.24) is 4.98 Å². The highest BCUT2D eigenvalue weighted by Crippen LogP contribution is 2.18. The van der Waals surface area contributed by atoms with Gasteiger partial charge in [0, 0.05) is 16.9 Å². The second-order valence-electron chi connectivity index (χ2n) is 2.61. The summed E-state index contributed by atoms with van der Waals surface area (Å²) >= 11 is 5.63. The molecule has 0 atom stereocenters. The minimum atomic E-state index is -0.381. The fourth-order valence-electron chi connectivity index (χ4n) is 1.03. The molecule has 0 spiro atoms. The Kier molecular flexibility index (Phi) is 3.64. The Labute approximate surface area is 85.8 Å². The number of methoxy groups -OCH3 is 1. The van der Waals surface area contributed by atoms with Crippen LogP contribution in [-0.2, 0) is 6.42 Å². The molecule has 0 bridgehead atoms. The number of pyridine rings is 1. The van der Waals surface area contributed by atoms with Crippen LogP contribution in [0.15, 0.2) is 12.1 Å². The van der Waals surface area contributed by atoms with Crippen LogP contribution in [0.1, 0.15) is 5.56 Å². The molecule has 1 aromatic heterocycles. The van der Waals surface area contributed by atoms with Gasteiger partial charge in [-0.2, -0.15) is 0 Å². The van der Waals surface area contributed by atoms with Crippen LogP contribution in [-0.4, -0.2) is 23.6 Å². The van der Waals surface area contributed by atoms with Crippen molar-refractivity contribution >= 4 is 11.6 Å². The van der Waals surface area contributed by atoms with Crippen LogP contribution in [0.3, 0.4) is 0 Å². The molecule has 0 N–H and O–H groups in total. The normalized spacial score (nSPS) is 9.86. The summed E-state index contributed by atoms with van der Waals surface area (Å²) in [6, 6.07) is 3.26. The van der Waals surface area contributed by atoms with Crippen molar-refractivity contribution in [2.45, 2.75) is 6.42 Å². The molecule has 0 aromatic carbocycles. The highest BCUT2D eigenvalue weighted by molar-refractivity contribution is 6.29. The first-order valence-corrected chi connectivity index (χ1v) is 4.32. The van der Waals surface area contributed by atoms with Gasteiger partial charge in [-0.15, -0.1) is 0 Å². The van der Waals surface area contributed by atoms with Crippen molar-refractivity contribution in [2.75, 3.05) is 13.7 Å². The van der Waals surface area contributed by atoms with E-state index in [1.165, 1.54) is 7.11 Å². The molecule has 0 fully saturated rings. The molecule has 0 aliphatic rings. The van der Waals surface area contributed by atoms with Gasteiger partial charge in [0.25, 0.3) is 0 Å². The number of rotatable bonds is 4. The summed E-state index contributed by atoms with van der Waals surface area (Å²) in [5.41, 5.74) is 0.689. The molecule has 0 saturated heterocycles. The third-order valence-corrected chi connectivity index (χ3v) is 1.87. The second-order valence-corrected chi connectivity index (χ2v) is 3.00. The monoisotopic (exact) mass is 216 g/mol. The molecule has 1 heterocycles. The summed E-state index contributed by atoms with van der Waals surface area (Å²) in [4.78, 5) is 13.7. The Morgan fingerprint density at radius 2 is 2.36 bits per heavy atom. The van der Waals surface area contributed by atoms with Gasteiger partial charge in [-0.3, -0.25) is 10.1 Å². The highest BCUT2D eigenvalue weighted by Gasteiger charge is 2.08. The molecule has 0 saturated carbocycles. The summed E-state index contributed by atoms with van der Waals surface area (Å²) < 4.78 is 4.94. The Morgan fingerprint density at radius 3 is 2.93 bits per heavy atom. The van der Waals surface area contributed by atoms with Crippen LogP contribution in [0.25, 0.3) is 0 Å². The van der Waals surface area contributed by atoms with Crippen molar-refractivity contribution in [3.05, 3.63) is 33.0 Å². The third kappa shape index (κ3) is 2.85. The minimum Gasteiger partial charge on any atom is -0.481 e. The third-order valence-electron chi connectivity index (χ3n) is 1.66. The van der Waals surface area contributed by atoms with E-state index in [-0.39, 0.29) is 11.5 Å². The lowest BCUT2D eigenvalue weighted by Crippen LogP contribution is -2.05. The number of aromatic nitrogens is 1. The Balaban J connectivity index is 2.80. The van der Waals surface area contributed by atoms with Gasteiger partial charge in [0.1, 0.15) is 5.15 Å². The average molecular weight is 217 g/mol. The first-order valence-electron chi connectivity index (χ1n) is 3.94. The zero-order valence-electron chi connectivity index (χ0n) is 7.57. The first kappa shape index (κ1) is 10.7. The maximum absolute atomic E-state index is 10.2. The van der Waals surface area contributed by atoms with Crippen molar-refractivity contribution in [2.24, 2.45) is 0 Å². The van der Waals surface area contributed by atoms with Gasteiger partial charge in [0.15, 0.2) is 0 Å². The van der Waals surface area contributed by atoms with Crippen LogP contribution in [0.4, 0.5) is 0 Å². The smallest absolute Gasteiger partial charge is 0.217 e. The van der Waals surface area contributed by atoms with Crippen molar-refractivity contribution in [3.8, 4) is 5.88 Å². The predicted octanol–water partition coefficient (Wildman–Crippen LogP) is 1.56. The summed E-state index contributed by atoms with van der Waals surface area (Å²) in [5.74, 6) is 0.347. The summed E-state index contributed by atoms with van der Waals surface area (Å²) in [6.07, 6.45) is 0.292. The highest BCUT2D eigenvalue weighted by atomic mass is 35.5. The molecule has 1 rings (SSSR count). The van der Waals surface area contributed by atoms with Gasteiger partial charge in [0.2, 0.25) is 12.4 Å². The maximum Gasteiger partial charge on any atom is 0.217 e. The predicted molar refractivity (Wildman–Crippen MR) is 51.4 cm³/mol. The molecular weight excluding hydrogens is 208 g/mol. The number of halogens is 1. The van der Waals surface area contributed by atoms with Gasteiger partial charge in [-0.25, -0.2) is 4.98 Å².